The standard InChI is InChI=1S/2C11H17N3O4S.C11H16N2O5S.2C10H15N3O5S.C10H15N3O4S2.C8H16N2O4S/c2*1-8(2)10(15)14-19(17,18)6-5-13-11(16)9-3-4-12-7-9;1-8(2)10(14)13-19(16,17)7-5-12-11(15)9-4-3-6-18-9;1-7(2)9(14)13-19(16,17)4-3-12-10(15)8-5-11-6-18-8;1-7(2)9(14)13-19(16,17)6-5-11-10(15)8-3-4-12-18-8;1-7(2)9(14)13-19(16,17)4-3-12-10(15)8-5-11-6-18-8;1-6(2)8(12)10-15(13,14)5-4-9-7(3)11/h4,7-8H,3,5-6H2,1-2H3,(H,13,16)(H,14,15);3-4,8H,5-7H2,1-2H3,(H,13,16)(H,14,15);3-4,6,8H,5,7H2,1-2H3,(H,12,15)(H,13,14);5-7H,3-4H2,1-2H3,(H,12,15)(H,13,14);3-4,7H,5-6H2,1-2H3,(H,11,15)(H,13,14);5-7H,3-4H2,1-2H3,(H,12,15)(H,13,14);6H,4-5H2,1-3H3,(H,9,11)(H,10,12). The van der Waals surface area contributed by atoms with Crippen LogP contribution in [0, 0.1) is 41.4 Å². The smallest absolute Gasteiger partial charge is 0.289 e. The number of hydrogen-bond donors (Lipinski definition) is 14. The zero-order valence-corrected chi connectivity index (χ0v) is 79.6. The van der Waals surface area contributed by atoms with Gasteiger partial charge < -0.3 is 50.6 Å². The van der Waals surface area contributed by atoms with Crippen molar-refractivity contribution in [2.75, 3.05) is 92.6 Å². The Kier molecular flexibility index (Phi) is 52.8. The molecule has 0 atom stereocenters. The second-order valence-corrected chi connectivity index (χ2v) is 42.3. The second kappa shape index (κ2) is 58.0. The summed E-state index contributed by atoms with van der Waals surface area (Å²) < 4.78 is 188. The van der Waals surface area contributed by atoms with Crippen LogP contribution in [0.5, 0.6) is 0 Å². The second-order valence-electron chi connectivity index (χ2n) is 28.6. The van der Waals surface area contributed by atoms with Crippen molar-refractivity contribution in [3.8, 4) is 0 Å². The van der Waals surface area contributed by atoms with E-state index in [9.17, 15) is 126 Å². The summed E-state index contributed by atoms with van der Waals surface area (Å²) in [6, 6.07) is 4.36. The van der Waals surface area contributed by atoms with Gasteiger partial charge in [-0.1, -0.05) is 102 Å². The van der Waals surface area contributed by atoms with E-state index in [2.05, 4.69) is 66.9 Å². The third-order valence-electron chi connectivity index (χ3n) is 14.7. The fraction of sp³-hybridized carbons (Fsp3) is 0.535. The van der Waals surface area contributed by atoms with Gasteiger partial charge in [0.25, 0.3) is 23.6 Å². The summed E-state index contributed by atoms with van der Waals surface area (Å²) in [5, 5.41) is 20.1. The van der Waals surface area contributed by atoms with Gasteiger partial charge in [-0.2, -0.15) is 0 Å². The van der Waals surface area contributed by atoms with Crippen LogP contribution in [0.4, 0.5) is 0 Å². The van der Waals surface area contributed by atoms with E-state index in [0.717, 1.165) is 17.7 Å². The Morgan fingerprint density at radius 3 is 0.969 bits per heavy atom. The minimum Gasteiger partial charge on any atom is -0.459 e. The third kappa shape index (κ3) is 55.0. The lowest BCUT2D eigenvalue weighted by Gasteiger charge is -2.09. The molecule has 2 aliphatic heterocycles. The number of aliphatic imine (C=N–C) groups is 2. The fourth-order valence-corrected chi connectivity index (χ4v) is 15.0. The average molecular weight is 1980 g/mol. The van der Waals surface area contributed by atoms with Crippen LogP contribution in [0.25, 0.3) is 0 Å². The van der Waals surface area contributed by atoms with Crippen LogP contribution in [-0.4, -0.2) is 262 Å². The molecule has 0 radical (unpaired) electrons. The highest BCUT2D eigenvalue weighted by atomic mass is 32.2. The summed E-state index contributed by atoms with van der Waals surface area (Å²) >= 11 is 1.16. The number of sulfonamides is 7. The number of carbonyl (C=O) groups is 14. The first kappa shape index (κ1) is 117. The van der Waals surface area contributed by atoms with Gasteiger partial charge in [-0.25, -0.2) is 63.9 Å². The molecule has 0 saturated heterocycles. The topological polar surface area (TPSA) is 749 Å². The number of oxazole rings is 1. The van der Waals surface area contributed by atoms with Crippen molar-refractivity contribution in [1.29, 1.82) is 0 Å². The molecule has 0 aromatic carbocycles. The SMILES string of the molecule is CC(=O)NCCS(=O)(=O)NC(=O)C(C)C.CC(C)C(=O)NS(=O)(=O)CCNC(=O)C1=CC=NC1.CC(C)C(=O)NS(=O)(=O)CCNC(=O)C1=CN=CC1.CC(C)C(=O)NS(=O)(=O)CCNC(=O)c1ccco1.CC(C)C(=O)NS(=O)(=O)CCNC(=O)c1ccno1.CC(C)C(=O)NS(=O)(=O)CCNC(=O)c1cnco1.CC(C)C(=O)NS(=O)(=O)CCNC(=O)c1cncs1. The maximum atomic E-state index is 11.5. The van der Waals surface area contributed by atoms with Gasteiger partial charge in [0, 0.05) is 136 Å². The first-order valence-corrected chi connectivity index (χ1v) is 50.9. The van der Waals surface area contributed by atoms with Crippen LogP contribution in [0.15, 0.2) is 102 Å². The monoisotopic (exact) mass is 1980 g/mol. The Labute approximate surface area is 751 Å². The number of amides is 14. The van der Waals surface area contributed by atoms with E-state index in [0.29, 0.717) is 29.0 Å². The van der Waals surface area contributed by atoms with Gasteiger partial charge in [0.2, 0.25) is 141 Å². The zero-order valence-electron chi connectivity index (χ0n) is 73.0. The molecular formula is C71H111N19O31S8. The molecule has 14 N–H and O–H groups in total. The Bertz CT molecular complexity index is 4870. The van der Waals surface area contributed by atoms with Gasteiger partial charge in [-0.3, -0.25) is 115 Å². The molecule has 0 bridgehead atoms. The van der Waals surface area contributed by atoms with Gasteiger partial charge in [-0.15, -0.1) is 11.3 Å². The van der Waals surface area contributed by atoms with Crippen molar-refractivity contribution >= 4 is 177 Å². The molecule has 6 rings (SSSR count). The van der Waals surface area contributed by atoms with Gasteiger partial charge in [0.1, 0.15) is 4.88 Å². The van der Waals surface area contributed by atoms with E-state index in [1.165, 1.54) is 61.8 Å². The molecular weight excluding hydrogens is 1870 g/mol. The van der Waals surface area contributed by atoms with Gasteiger partial charge in [0.05, 0.1) is 77.2 Å². The zero-order chi connectivity index (χ0) is 98.9. The number of carbonyl (C=O) groups excluding carboxylic acids is 14. The molecule has 0 saturated carbocycles. The first-order chi connectivity index (χ1) is 59.6. The number of aromatic nitrogens is 3. The molecule has 0 aliphatic carbocycles. The summed E-state index contributed by atoms with van der Waals surface area (Å²) in [6.07, 6.45) is 12.9. The summed E-state index contributed by atoms with van der Waals surface area (Å²) in [5.74, 6) is -12.3. The number of nitrogens with zero attached hydrogens (tertiary/aromatic N) is 5. The van der Waals surface area contributed by atoms with E-state index in [1.54, 1.807) is 115 Å². The molecule has 129 heavy (non-hydrogen) atoms. The highest BCUT2D eigenvalue weighted by Crippen LogP contribution is 2.09. The van der Waals surface area contributed by atoms with Gasteiger partial charge in [0.15, 0.2) is 12.2 Å². The predicted octanol–water partition coefficient (Wildman–Crippen LogP) is -2.90. The molecule has 58 heteroatoms. The van der Waals surface area contributed by atoms with Crippen LogP contribution < -0.4 is 70.3 Å². The molecule has 4 aromatic rings. The molecule has 6 heterocycles. The van der Waals surface area contributed by atoms with Crippen molar-refractivity contribution in [2.24, 2.45) is 51.4 Å². The molecule has 14 amide bonds. The van der Waals surface area contributed by atoms with Crippen molar-refractivity contribution in [3.05, 3.63) is 101 Å². The van der Waals surface area contributed by atoms with Crippen molar-refractivity contribution in [3.63, 3.8) is 0 Å². The van der Waals surface area contributed by atoms with Crippen LogP contribution in [-0.2, 0) is 118 Å². The van der Waals surface area contributed by atoms with Crippen molar-refractivity contribution in [2.45, 2.75) is 110 Å². The normalized spacial score (nSPS) is 12.2. The van der Waals surface area contributed by atoms with E-state index in [1.807, 2.05) is 33.1 Å². The Morgan fingerprint density at radius 2 is 0.705 bits per heavy atom. The number of rotatable bonds is 41. The molecule has 2 aliphatic rings. The Morgan fingerprint density at radius 1 is 0.380 bits per heavy atom. The highest BCUT2D eigenvalue weighted by molar-refractivity contribution is 7.91. The Hall–Kier alpha value is -11.6. The molecule has 4 aromatic heterocycles. The summed E-state index contributed by atoms with van der Waals surface area (Å²) in [5.41, 5.74) is 2.49. The number of hydrogen-bond acceptors (Lipinski definition) is 37. The number of allylic oxidation sites excluding steroid dienone is 1. The quantitative estimate of drug-likeness (QED) is 0.0212. The lowest BCUT2D eigenvalue weighted by atomic mass is 10.2. The molecule has 0 unspecified atom stereocenters. The maximum Gasteiger partial charge on any atom is 0.289 e. The van der Waals surface area contributed by atoms with Crippen LogP contribution in [0.3, 0.4) is 0 Å². The highest BCUT2D eigenvalue weighted by Gasteiger charge is 2.26. The third-order valence-corrected chi connectivity index (χ3v) is 24.3. The van der Waals surface area contributed by atoms with Crippen LogP contribution in [0.2, 0.25) is 0 Å². The average Bonchev–Trinajstić information content (AvgIpc) is 1.89. The lowest BCUT2D eigenvalue weighted by Crippen LogP contribution is -2.39. The maximum absolute atomic E-state index is 11.5. The summed E-state index contributed by atoms with van der Waals surface area (Å²) in [7, 11) is -26.0. The van der Waals surface area contributed by atoms with Gasteiger partial charge >= 0.3 is 0 Å². The van der Waals surface area contributed by atoms with Gasteiger partial charge in [-0.05, 0) is 18.2 Å². The summed E-state index contributed by atoms with van der Waals surface area (Å²) in [4.78, 5) is 173. The van der Waals surface area contributed by atoms with E-state index in [-0.39, 0.29) is 121 Å². The number of thiazole rings is 1. The minimum absolute atomic E-state index is 0.00393. The van der Waals surface area contributed by atoms with Crippen LogP contribution >= 0.6 is 11.3 Å². The van der Waals surface area contributed by atoms with E-state index >= 15 is 0 Å². The summed E-state index contributed by atoms with van der Waals surface area (Å²) in [6.45, 7) is 23.3. The number of nitrogens with one attached hydrogen (secondary N) is 14. The lowest BCUT2D eigenvalue weighted by molar-refractivity contribution is -0.123. The first-order valence-electron chi connectivity index (χ1n) is 38.5. The Balaban J connectivity index is 0.00000148. The van der Waals surface area contributed by atoms with E-state index in [4.69, 9.17) is 8.83 Å². The molecule has 0 fully saturated rings. The molecule has 0 spiro atoms. The van der Waals surface area contributed by atoms with Crippen LogP contribution in [0.1, 0.15) is 152 Å². The fourth-order valence-electron chi connectivity index (χ4n) is 7.37. The van der Waals surface area contributed by atoms with E-state index < -0.39 is 176 Å². The predicted molar refractivity (Wildman–Crippen MR) is 468 cm³/mol. The molecule has 50 nitrogen and oxygen atoms in total. The minimum atomic E-state index is -3.75. The van der Waals surface area contributed by atoms with Crippen molar-refractivity contribution < 1.29 is 139 Å². The largest absolute Gasteiger partial charge is 0.459 e. The number of furan rings is 1. The molecule has 724 valence electrons. The van der Waals surface area contributed by atoms with Crippen molar-refractivity contribution in [1.82, 2.24) is 85.4 Å².